The van der Waals surface area contributed by atoms with Crippen molar-refractivity contribution >= 4 is 6.41 Å². The van der Waals surface area contributed by atoms with Crippen molar-refractivity contribution in [1.82, 2.24) is 9.47 Å². The molecule has 1 heterocycles. The zero-order chi connectivity index (χ0) is 9.68. The molecule has 3 nitrogen and oxygen atoms in total. The minimum absolute atomic E-state index is 0.846. The summed E-state index contributed by atoms with van der Waals surface area (Å²) in [5.41, 5.74) is 1.05. The van der Waals surface area contributed by atoms with Crippen molar-refractivity contribution in [3.63, 3.8) is 0 Å². The van der Waals surface area contributed by atoms with Crippen molar-refractivity contribution in [1.29, 1.82) is 0 Å². The molecular formula is C10H16N2O. The molecule has 0 spiro atoms. The van der Waals surface area contributed by atoms with E-state index in [-0.39, 0.29) is 0 Å². The summed E-state index contributed by atoms with van der Waals surface area (Å²) < 4.78 is 1.62. The van der Waals surface area contributed by atoms with Gasteiger partial charge in [0.2, 0.25) is 6.41 Å². The molecule has 1 rings (SSSR count). The summed E-state index contributed by atoms with van der Waals surface area (Å²) in [4.78, 5) is 12.9. The Morgan fingerprint density at radius 3 is 2.69 bits per heavy atom. The second-order valence-corrected chi connectivity index (χ2v) is 2.97. The highest BCUT2D eigenvalue weighted by Crippen LogP contribution is 2.04. The fourth-order valence-corrected chi connectivity index (χ4v) is 1.34. The number of carbonyl (C=O) groups is 1. The lowest BCUT2D eigenvalue weighted by Gasteiger charge is -2.17. The third-order valence-corrected chi connectivity index (χ3v) is 2.26. The summed E-state index contributed by atoms with van der Waals surface area (Å²) >= 11 is 0. The van der Waals surface area contributed by atoms with E-state index in [0.717, 1.165) is 31.7 Å². The average molecular weight is 180 g/mol. The van der Waals surface area contributed by atoms with Gasteiger partial charge >= 0.3 is 0 Å². The van der Waals surface area contributed by atoms with Gasteiger partial charge in [0.05, 0.1) is 0 Å². The number of nitrogens with zero attached hydrogens (tertiary/aromatic N) is 2. The van der Waals surface area contributed by atoms with Crippen molar-refractivity contribution < 1.29 is 4.79 Å². The van der Waals surface area contributed by atoms with Crippen LogP contribution in [0.2, 0.25) is 0 Å². The number of hydrogen-bond donors (Lipinski definition) is 0. The summed E-state index contributed by atoms with van der Waals surface area (Å²) in [6.45, 7) is 7.12. The van der Waals surface area contributed by atoms with Crippen LogP contribution in [0, 0.1) is 0 Å². The van der Waals surface area contributed by atoms with E-state index in [1.807, 2.05) is 12.1 Å². The van der Waals surface area contributed by atoms with Gasteiger partial charge in [0.1, 0.15) is 0 Å². The van der Waals surface area contributed by atoms with Crippen LogP contribution >= 0.6 is 0 Å². The quantitative estimate of drug-likeness (QED) is 0.639. The van der Waals surface area contributed by atoms with Gasteiger partial charge < -0.3 is 0 Å². The topological polar surface area (TPSA) is 25.2 Å². The Morgan fingerprint density at radius 2 is 2.15 bits per heavy atom. The van der Waals surface area contributed by atoms with E-state index in [9.17, 15) is 4.79 Å². The van der Waals surface area contributed by atoms with E-state index >= 15 is 0 Å². The minimum Gasteiger partial charge on any atom is -0.298 e. The van der Waals surface area contributed by atoms with Gasteiger partial charge in [-0.25, -0.2) is 0 Å². The largest absolute Gasteiger partial charge is 0.298 e. The van der Waals surface area contributed by atoms with Gasteiger partial charge in [-0.15, -0.1) is 0 Å². The Morgan fingerprint density at radius 1 is 1.46 bits per heavy atom. The summed E-state index contributed by atoms with van der Waals surface area (Å²) in [6, 6.07) is 3.87. The van der Waals surface area contributed by atoms with Gasteiger partial charge in [-0.05, 0) is 25.2 Å². The molecule has 0 aliphatic rings. The van der Waals surface area contributed by atoms with Crippen LogP contribution in [-0.4, -0.2) is 29.0 Å². The van der Waals surface area contributed by atoms with E-state index < -0.39 is 0 Å². The van der Waals surface area contributed by atoms with E-state index in [0.29, 0.717) is 0 Å². The average Bonchev–Trinajstić information content (AvgIpc) is 2.61. The minimum atomic E-state index is 0.846. The van der Waals surface area contributed by atoms with Gasteiger partial charge in [-0.2, -0.15) is 0 Å². The van der Waals surface area contributed by atoms with Crippen molar-refractivity contribution in [2.75, 3.05) is 13.1 Å². The van der Waals surface area contributed by atoms with Gasteiger partial charge in [0.15, 0.2) is 0 Å². The smallest absolute Gasteiger partial charge is 0.218 e. The van der Waals surface area contributed by atoms with Crippen LogP contribution in [0.15, 0.2) is 18.3 Å². The standard InChI is InChI=1S/C10H16N2O/c1-3-11(4-2)8-10-6-5-7-12(10)9-13/h5-7,9H,3-4,8H2,1-2H3. The molecule has 0 aliphatic heterocycles. The third kappa shape index (κ3) is 2.42. The molecule has 72 valence electrons. The second-order valence-electron chi connectivity index (χ2n) is 2.97. The van der Waals surface area contributed by atoms with E-state index in [4.69, 9.17) is 0 Å². The van der Waals surface area contributed by atoms with Crippen LogP contribution in [0.4, 0.5) is 0 Å². The Hall–Kier alpha value is -1.09. The summed E-state index contributed by atoms with van der Waals surface area (Å²) in [6.07, 6.45) is 2.63. The van der Waals surface area contributed by atoms with Crippen molar-refractivity contribution in [3.8, 4) is 0 Å². The van der Waals surface area contributed by atoms with Gasteiger partial charge in [-0.1, -0.05) is 13.8 Å². The van der Waals surface area contributed by atoms with Gasteiger partial charge in [0.25, 0.3) is 0 Å². The first-order valence-corrected chi connectivity index (χ1v) is 4.65. The lowest BCUT2D eigenvalue weighted by atomic mass is 10.3. The normalized spacial score (nSPS) is 10.7. The number of rotatable bonds is 5. The van der Waals surface area contributed by atoms with Crippen LogP contribution in [0.5, 0.6) is 0 Å². The maximum Gasteiger partial charge on any atom is 0.218 e. The number of carbonyl (C=O) groups excluding carboxylic acids is 1. The molecule has 0 saturated carbocycles. The molecule has 0 N–H and O–H groups in total. The van der Waals surface area contributed by atoms with Crippen molar-refractivity contribution in [3.05, 3.63) is 24.0 Å². The Bertz CT molecular complexity index is 264. The second kappa shape index (κ2) is 4.82. The lowest BCUT2D eigenvalue weighted by molar-refractivity contribution is 0.291. The van der Waals surface area contributed by atoms with E-state index in [1.54, 1.807) is 10.8 Å². The van der Waals surface area contributed by atoms with Crippen LogP contribution in [0.3, 0.4) is 0 Å². The molecule has 13 heavy (non-hydrogen) atoms. The number of aromatic nitrogens is 1. The maximum absolute atomic E-state index is 10.6. The highest BCUT2D eigenvalue weighted by atomic mass is 16.1. The SMILES string of the molecule is CCN(CC)Cc1cccn1C=O. The molecule has 0 fully saturated rings. The summed E-state index contributed by atoms with van der Waals surface area (Å²) in [5, 5.41) is 0. The molecule has 0 bridgehead atoms. The fourth-order valence-electron chi connectivity index (χ4n) is 1.34. The Kier molecular flexibility index (Phi) is 3.71. The molecule has 3 heteroatoms. The van der Waals surface area contributed by atoms with Gasteiger partial charge in [-0.3, -0.25) is 14.3 Å². The number of hydrogen-bond acceptors (Lipinski definition) is 2. The summed E-state index contributed by atoms with van der Waals surface area (Å²) in [5.74, 6) is 0. The first-order chi connectivity index (χ1) is 6.31. The molecule has 0 radical (unpaired) electrons. The lowest BCUT2D eigenvalue weighted by Crippen LogP contribution is -2.23. The highest BCUT2D eigenvalue weighted by Gasteiger charge is 2.04. The van der Waals surface area contributed by atoms with E-state index in [1.165, 1.54) is 0 Å². The first-order valence-electron chi connectivity index (χ1n) is 4.65. The monoisotopic (exact) mass is 180 g/mol. The summed E-state index contributed by atoms with van der Waals surface area (Å²) in [7, 11) is 0. The van der Waals surface area contributed by atoms with Gasteiger partial charge in [0, 0.05) is 18.4 Å². The molecule has 0 amide bonds. The Balaban J connectivity index is 2.66. The highest BCUT2D eigenvalue weighted by molar-refractivity contribution is 5.53. The fraction of sp³-hybridized carbons (Fsp3) is 0.500. The van der Waals surface area contributed by atoms with Crippen LogP contribution in [0.1, 0.15) is 19.5 Å². The molecule has 0 unspecified atom stereocenters. The van der Waals surface area contributed by atoms with Crippen molar-refractivity contribution in [2.24, 2.45) is 0 Å². The Labute approximate surface area is 79.0 Å². The molecule has 0 saturated heterocycles. The maximum atomic E-state index is 10.6. The molecule has 1 aromatic heterocycles. The van der Waals surface area contributed by atoms with Crippen LogP contribution < -0.4 is 0 Å². The van der Waals surface area contributed by atoms with Crippen LogP contribution in [-0.2, 0) is 11.3 Å². The van der Waals surface area contributed by atoms with Crippen molar-refractivity contribution in [2.45, 2.75) is 20.4 Å². The molecular weight excluding hydrogens is 164 g/mol. The third-order valence-electron chi connectivity index (χ3n) is 2.26. The van der Waals surface area contributed by atoms with E-state index in [2.05, 4.69) is 18.7 Å². The van der Waals surface area contributed by atoms with Crippen LogP contribution in [0.25, 0.3) is 0 Å². The molecule has 0 atom stereocenters. The molecule has 0 aromatic carbocycles. The molecule has 0 aliphatic carbocycles. The molecule has 1 aromatic rings. The predicted octanol–water partition coefficient (Wildman–Crippen LogP) is 1.37. The predicted molar refractivity (Wildman–Crippen MR) is 53.2 cm³/mol. The zero-order valence-corrected chi connectivity index (χ0v) is 8.23. The zero-order valence-electron chi connectivity index (χ0n) is 8.23. The first kappa shape index (κ1) is 9.99.